The third kappa shape index (κ3) is 5.26. The number of nitrogens with zero attached hydrogens (tertiary/aromatic N) is 2. The van der Waals surface area contributed by atoms with Crippen molar-refractivity contribution in [2.24, 2.45) is 0 Å². The summed E-state index contributed by atoms with van der Waals surface area (Å²) in [6.45, 7) is 7.75. The molecule has 3 heterocycles. The quantitative estimate of drug-likeness (QED) is 0.150. The Labute approximate surface area is 358 Å². The number of anilines is 5. The van der Waals surface area contributed by atoms with E-state index in [0.717, 1.165) is 75.4 Å². The first-order valence-electron chi connectivity index (χ1n) is 21.8. The van der Waals surface area contributed by atoms with E-state index in [-0.39, 0.29) is 5.41 Å². The Morgan fingerprint density at radius 1 is 0.639 bits per heavy atom. The Morgan fingerprint density at radius 3 is 2.28 bits per heavy atom. The SMILES string of the molecule is Bc1c(N(c2ccc(CCCC)cc2-c2ccccc2)c2cc3c(c4c2CN2c5ccccc5Oc5cccc-4c52)-c2ccccc2C3(C)C)ccc2oc3ccccc3c12. The van der Waals surface area contributed by atoms with Crippen LogP contribution in [-0.2, 0) is 18.4 Å². The molecule has 2 aliphatic heterocycles. The minimum Gasteiger partial charge on any atom is -0.456 e. The number of benzene rings is 8. The van der Waals surface area contributed by atoms with Crippen molar-refractivity contribution < 1.29 is 9.15 Å². The summed E-state index contributed by atoms with van der Waals surface area (Å²) in [4.78, 5) is 5.10. The van der Waals surface area contributed by atoms with Crippen LogP contribution in [0.4, 0.5) is 28.4 Å². The minimum atomic E-state index is -0.248. The summed E-state index contributed by atoms with van der Waals surface area (Å²) in [5.41, 5.74) is 21.3. The van der Waals surface area contributed by atoms with Gasteiger partial charge in [-0.15, -0.1) is 0 Å². The Bertz CT molecular complexity index is 3250. The number of furan rings is 1. The van der Waals surface area contributed by atoms with Crippen LogP contribution in [0.15, 0.2) is 162 Å². The number of hydrogen-bond acceptors (Lipinski definition) is 4. The average Bonchev–Trinajstić information content (AvgIpc) is 3.79. The fraction of sp³-hybridized carbons (Fsp3) is 0.143. The van der Waals surface area contributed by atoms with Gasteiger partial charge < -0.3 is 19.0 Å². The largest absolute Gasteiger partial charge is 0.456 e. The van der Waals surface area contributed by atoms with Crippen LogP contribution in [-0.4, -0.2) is 7.85 Å². The summed E-state index contributed by atoms with van der Waals surface area (Å²) in [5, 5.41) is 2.28. The van der Waals surface area contributed by atoms with Gasteiger partial charge in [-0.25, -0.2) is 0 Å². The number of fused-ring (bicyclic) bond motifs is 11. The molecule has 0 fully saturated rings. The highest BCUT2D eigenvalue weighted by atomic mass is 16.5. The highest BCUT2D eigenvalue weighted by Crippen LogP contribution is 2.62. The van der Waals surface area contributed by atoms with E-state index in [2.05, 4.69) is 196 Å². The van der Waals surface area contributed by atoms with Gasteiger partial charge in [0.2, 0.25) is 0 Å². The van der Waals surface area contributed by atoms with Gasteiger partial charge in [-0.2, -0.15) is 0 Å². The molecule has 3 aliphatic rings. The second-order valence-corrected chi connectivity index (χ2v) is 17.5. The Hall–Kier alpha value is -6.98. The van der Waals surface area contributed by atoms with Crippen LogP contribution in [0.25, 0.3) is 55.3 Å². The molecule has 1 aliphatic carbocycles. The third-order valence-electron chi connectivity index (χ3n) is 13.6. The van der Waals surface area contributed by atoms with E-state index in [4.69, 9.17) is 9.15 Å². The van der Waals surface area contributed by atoms with Crippen molar-refractivity contribution in [3.05, 3.63) is 180 Å². The first-order chi connectivity index (χ1) is 29.9. The fourth-order valence-corrected chi connectivity index (χ4v) is 10.7. The molecule has 0 bridgehead atoms. The summed E-state index contributed by atoms with van der Waals surface area (Å²) >= 11 is 0. The highest BCUT2D eigenvalue weighted by molar-refractivity contribution is 6.45. The lowest BCUT2D eigenvalue weighted by Crippen LogP contribution is -2.29. The lowest BCUT2D eigenvalue weighted by Gasteiger charge is -2.41. The van der Waals surface area contributed by atoms with Crippen LogP contribution >= 0.6 is 0 Å². The first kappa shape index (κ1) is 35.9. The monoisotopic (exact) mass is 788 g/mol. The molecule has 1 aromatic heterocycles. The van der Waals surface area contributed by atoms with E-state index in [0.29, 0.717) is 6.54 Å². The van der Waals surface area contributed by atoms with E-state index in [9.17, 15) is 0 Å². The molecule has 61 heavy (non-hydrogen) atoms. The van der Waals surface area contributed by atoms with Crippen molar-refractivity contribution in [1.29, 1.82) is 0 Å². The number of ether oxygens (including phenoxy) is 1. The molecule has 0 unspecified atom stereocenters. The molecular formula is C56H45BN2O2. The molecule has 8 aromatic carbocycles. The molecule has 4 nitrogen and oxygen atoms in total. The molecule has 0 radical (unpaired) electrons. The van der Waals surface area contributed by atoms with Gasteiger partial charge >= 0.3 is 0 Å². The van der Waals surface area contributed by atoms with E-state index < -0.39 is 0 Å². The van der Waals surface area contributed by atoms with E-state index in [1.807, 2.05) is 0 Å². The van der Waals surface area contributed by atoms with Crippen molar-refractivity contribution in [2.75, 3.05) is 9.80 Å². The van der Waals surface area contributed by atoms with Gasteiger partial charge in [0.1, 0.15) is 19.0 Å². The molecular weight excluding hydrogens is 743 g/mol. The zero-order chi connectivity index (χ0) is 41.0. The van der Waals surface area contributed by atoms with Crippen LogP contribution < -0.4 is 20.0 Å². The topological polar surface area (TPSA) is 28.9 Å². The highest BCUT2D eigenvalue weighted by Gasteiger charge is 2.43. The summed E-state index contributed by atoms with van der Waals surface area (Å²) in [5.74, 6) is 1.77. The Balaban J connectivity index is 1.23. The zero-order valence-corrected chi connectivity index (χ0v) is 35.1. The van der Waals surface area contributed by atoms with Crippen molar-refractivity contribution >= 4 is 63.7 Å². The molecule has 0 atom stereocenters. The minimum absolute atomic E-state index is 0.248. The van der Waals surface area contributed by atoms with Crippen LogP contribution in [0.5, 0.6) is 11.5 Å². The summed E-state index contributed by atoms with van der Waals surface area (Å²) in [6.07, 6.45) is 3.34. The number of para-hydroxylation sites is 4. The predicted molar refractivity (Wildman–Crippen MR) is 256 cm³/mol. The molecule has 0 spiro atoms. The third-order valence-corrected chi connectivity index (χ3v) is 13.6. The van der Waals surface area contributed by atoms with Crippen molar-refractivity contribution in [3.63, 3.8) is 0 Å². The summed E-state index contributed by atoms with van der Waals surface area (Å²) in [7, 11) is 2.28. The number of hydrogen-bond donors (Lipinski definition) is 0. The number of aryl methyl sites for hydroxylation is 1. The standard InChI is InChI=1S/C56H45BN2O2/c1-4-5-16-34-27-28-43(39(31-34)35-17-7-6-8-18-35)59(45-29-30-49-53(54(45)57)37-20-10-13-24-47(37)60-49)46-32-42-52(36-19-9-11-22-41(36)56(42,2)3)51-38-21-15-26-50-55(38)58(33-40(46)51)44-23-12-14-25-48(44)61-50/h6-15,17-32H,4-5,16,33,57H2,1-3H3. The van der Waals surface area contributed by atoms with Gasteiger partial charge in [0.25, 0.3) is 0 Å². The number of rotatable bonds is 7. The zero-order valence-electron chi connectivity index (χ0n) is 35.1. The first-order valence-corrected chi connectivity index (χ1v) is 21.8. The second kappa shape index (κ2) is 13.5. The van der Waals surface area contributed by atoms with Crippen molar-refractivity contribution in [2.45, 2.75) is 52.0 Å². The smallest absolute Gasteiger partial charge is 0.151 e. The maximum absolute atomic E-state index is 6.71. The van der Waals surface area contributed by atoms with Crippen molar-refractivity contribution in [3.8, 4) is 44.9 Å². The molecule has 0 saturated heterocycles. The van der Waals surface area contributed by atoms with Gasteiger partial charge in [-0.05, 0) is 106 Å². The fourth-order valence-electron chi connectivity index (χ4n) is 10.7. The molecule has 0 amide bonds. The number of unbranched alkanes of at least 4 members (excludes halogenated alkanes) is 1. The van der Waals surface area contributed by atoms with Crippen LogP contribution in [0.2, 0.25) is 0 Å². The van der Waals surface area contributed by atoms with Crippen LogP contribution in [0, 0.1) is 0 Å². The van der Waals surface area contributed by atoms with Gasteiger partial charge in [0, 0.05) is 38.6 Å². The van der Waals surface area contributed by atoms with Gasteiger partial charge in [-0.1, -0.05) is 136 Å². The predicted octanol–water partition coefficient (Wildman–Crippen LogP) is 14.1. The van der Waals surface area contributed by atoms with Crippen molar-refractivity contribution in [1.82, 2.24) is 0 Å². The van der Waals surface area contributed by atoms with E-state index in [1.165, 1.54) is 66.8 Å². The lowest BCUT2D eigenvalue weighted by atomic mass is 9.78. The van der Waals surface area contributed by atoms with E-state index in [1.54, 1.807) is 0 Å². The molecule has 12 rings (SSSR count). The average molecular weight is 789 g/mol. The molecule has 0 saturated carbocycles. The van der Waals surface area contributed by atoms with Gasteiger partial charge in [0.15, 0.2) is 11.5 Å². The Morgan fingerprint density at radius 2 is 1.39 bits per heavy atom. The van der Waals surface area contributed by atoms with Gasteiger partial charge in [0.05, 0.1) is 29.3 Å². The maximum Gasteiger partial charge on any atom is 0.151 e. The summed E-state index contributed by atoms with van der Waals surface area (Å²) < 4.78 is 13.2. The van der Waals surface area contributed by atoms with E-state index >= 15 is 0 Å². The molecule has 9 aromatic rings. The second-order valence-electron chi connectivity index (χ2n) is 17.5. The molecule has 5 heteroatoms. The molecule has 294 valence electrons. The van der Waals surface area contributed by atoms with Crippen LogP contribution in [0.3, 0.4) is 0 Å². The van der Waals surface area contributed by atoms with Crippen LogP contribution in [0.1, 0.15) is 55.9 Å². The maximum atomic E-state index is 6.71. The molecule has 0 N–H and O–H groups in total. The lowest BCUT2D eigenvalue weighted by molar-refractivity contribution is 0.472. The van der Waals surface area contributed by atoms with Gasteiger partial charge in [-0.3, -0.25) is 0 Å². The Kier molecular flexibility index (Phi) is 7.96. The summed E-state index contributed by atoms with van der Waals surface area (Å²) in [6, 6.07) is 57.8. The normalized spacial score (nSPS) is 13.9.